The zero-order chi connectivity index (χ0) is 13.2. The molecular formula is C12H15Br5. The van der Waals surface area contributed by atoms with Gasteiger partial charge in [0.05, 0.1) is 4.32 Å². The lowest BCUT2D eigenvalue weighted by molar-refractivity contribution is 0.613. The van der Waals surface area contributed by atoms with Crippen molar-refractivity contribution in [1.29, 1.82) is 0 Å². The molecule has 0 heterocycles. The van der Waals surface area contributed by atoms with Crippen molar-refractivity contribution in [3.05, 3.63) is 20.6 Å². The molecule has 1 rings (SSSR count). The minimum absolute atomic E-state index is 0.0294. The molecule has 0 saturated heterocycles. The van der Waals surface area contributed by atoms with Gasteiger partial charge in [-0.05, 0) is 35.4 Å². The van der Waals surface area contributed by atoms with Gasteiger partial charge in [0, 0.05) is 14.1 Å². The Labute approximate surface area is 146 Å². The molecule has 0 aromatic heterocycles. The smallest absolute Gasteiger partial charge is 0.0660 e. The van der Waals surface area contributed by atoms with Crippen molar-refractivity contribution in [1.82, 2.24) is 0 Å². The average Bonchev–Trinajstić information content (AvgIpc) is 2.26. The highest BCUT2D eigenvalue weighted by Gasteiger charge is 2.43. The van der Waals surface area contributed by atoms with Crippen molar-refractivity contribution in [3.63, 3.8) is 0 Å². The fourth-order valence-electron chi connectivity index (χ4n) is 2.02. The normalized spacial score (nSPS) is 29.0. The van der Waals surface area contributed by atoms with Gasteiger partial charge in [-0.25, -0.2) is 0 Å². The molecule has 0 nitrogen and oxygen atoms in total. The van der Waals surface area contributed by atoms with E-state index in [-0.39, 0.29) is 4.32 Å². The molecule has 0 aromatic rings. The first kappa shape index (κ1) is 16.9. The van der Waals surface area contributed by atoms with E-state index in [0.717, 1.165) is 19.3 Å². The van der Waals surface area contributed by atoms with E-state index < -0.39 is 0 Å². The minimum Gasteiger partial charge on any atom is -0.0872 e. The van der Waals surface area contributed by atoms with Crippen molar-refractivity contribution in [3.8, 4) is 0 Å². The molecular weight excluding hydrogens is 544 g/mol. The molecule has 1 aliphatic carbocycles. The molecule has 3 unspecified atom stereocenters. The van der Waals surface area contributed by atoms with E-state index in [9.17, 15) is 0 Å². The maximum absolute atomic E-state index is 3.97. The van der Waals surface area contributed by atoms with Gasteiger partial charge in [0.15, 0.2) is 0 Å². The second-order valence-corrected chi connectivity index (χ2v) is 9.64. The number of alkyl halides is 3. The van der Waals surface area contributed by atoms with Crippen molar-refractivity contribution in [2.75, 3.05) is 0 Å². The first-order chi connectivity index (χ1) is 7.86. The van der Waals surface area contributed by atoms with Crippen LogP contribution < -0.4 is 0 Å². The summed E-state index contributed by atoms with van der Waals surface area (Å²) in [5.41, 5.74) is 1.40. The Morgan fingerprint density at radius 3 is 2.29 bits per heavy atom. The molecule has 1 aliphatic rings. The van der Waals surface area contributed by atoms with Crippen LogP contribution in [0.3, 0.4) is 0 Å². The Hall–Kier alpha value is 1.88. The van der Waals surface area contributed by atoms with Crippen LogP contribution in [-0.4, -0.2) is 14.0 Å². The second-order valence-electron chi connectivity index (χ2n) is 4.14. The van der Waals surface area contributed by atoms with Crippen LogP contribution in [0.1, 0.15) is 33.1 Å². The van der Waals surface area contributed by atoms with E-state index in [4.69, 9.17) is 0 Å². The standard InChI is InChI=1S/C12H15Br5/c1-3-8(14)11-9(15)5-7(13)6-12(11,17)10(16)4-2/h5,8,10H,3-4,6H2,1-2H3. The topological polar surface area (TPSA) is 0 Å². The van der Waals surface area contributed by atoms with Gasteiger partial charge in [-0.3, -0.25) is 0 Å². The largest absolute Gasteiger partial charge is 0.0872 e. The zero-order valence-electron chi connectivity index (χ0n) is 9.74. The minimum atomic E-state index is -0.0294. The van der Waals surface area contributed by atoms with Crippen LogP contribution in [0, 0.1) is 0 Å². The van der Waals surface area contributed by atoms with E-state index in [2.05, 4.69) is 99.6 Å². The van der Waals surface area contributed by atoms with Gasteiger partial charge in [-0.2, -0.15) is 0 Å². The molecule has 0 bridgehead atoms. The summed E-state index contributed by atoms with van der Waals surface area (Å²) in [6.07, 6.45) is 5.29. The Balaban J connectivity index is 3.26. The van der Waals surface area contributed by atoms with Gasteiger partial charge >= 0.3 is 0 Å². The summed E-state index contributed by atoms with van der Waals surface area (Å²) in [6, 6.07) is 0. The quantitative estimate of drug-likeness (QED) is 0.333. The zero-order valence-corrected chi connectivity index (χ0v) is 17.7. The molecule has 5 heteroatoms. The SMILES string of the molecule is CCC(Br)C1=C(Br)C=C(Br)CC1(Br)C(Br)CC. The lowest BCUT2D eigenvalue weighted by atomic mass is 9.85. The van der Waals surface area contributed by atoms with Crippen LogP contribution in [0.5, 0.6) is 0 Å². The van der Waals surface area contributed by atoms with Gasteiger partial charge in [0.1, 0.15) is 0 Å². The molecule has 98 valence electrons. The van der Waals surface area contributed by atoms with Gasteiger partial charge in [0.2, 0.25) is 0 Å². The highest BCUT2D eigenvalue weighted by Crippen LogP contribution is 2.51. The highest BCUT2D eigenvalue weighted by atomic mass is 79.9. The van der Waals surface area contributed by atoms with Crippen LogP contribution >= 0.6 is 79.6 Å². The molecule has 0 spiro atoms. The lowest BCUT2D eigenvalue weighted by Crippen LogP contribution is -2.39. The van der Waals surface area contributed by atoms with Gasteiger partial charge in [-0.1, -0.05) is 93.5 Å². The molecule has 0 N–H and O–H groups in total. The fourth-order valence-corrected chi connectivity index (χ4v) is 7.34. The van der Waals surface area contributed by atoms with Crippen molar-refractivity contribution >= 4 is 79.6 Å². The van der Waals surface area contributed by atoms with E-state index in [1.807, 2.05) is 0 Å². The predicted molar refractivity (Wildman–Crippen MR) is 95.3 cm³/mol. The van der Waals surface area contributed by atoms with Crippen LogP contribution in [-0.2, 0) is 0 Å². The molecule has 0 radical (unpaired) electrons. The number of hydrogen-bond acceptors (Lipinski definition) is 0. The molecule has 0 aliphatic heterocycles. The maximum atomic E-state index is 3.97. The molecule has 3 atom stereocenters. The summed E-state index contributed by atoms with van der Waals surface area (Å²) in [5.74, 6) is 0. The third-order valence-electron chi connectivity index (χ3n) is 2.94. The van der Waals surface area contributed by atoms with E-state index >= 15 is 0 Å². The van der Waals surface area contributed by atoms with E-state index in [1.54, 1.807) is 0 Å². The average molecular weight is 559 g/mol. The monoisotopic (exact) mass is 554 g/mol. The lowest BCUT2D eigenvalue weighted by Gasteiger charge is -2.39. The summed E-state index contributed by atoms with van der Waals surface area (Å²) < 4.78 is 2.37. The summed E-state index contributed by atoms with van der Waals surface area (Å²) in [5, 5.41) is 0. The predicted octanol–water partition coefficient (Wildman–Crippen LogP) is 6.80. The Bertz CT molecular complexity index is 347. The first-order valence-corrected chi connectivity index (χ1v) is 9.81. The summed E-state index contributed by atoms with van der Waals surface area (Å²) in [7, 11) is 0. The second kappa shape index (κ2) is 7.05. The van der Waals surface area contributed by atoms with Crippen molar-refractivity contribution < 1.29 is 0 Å². The van der Waals surface area contributed by atoms with Crippen LogP contribution in [0.2, 0.25) is 0 Å². The van der Waals surface area contributed by atoms with E-state index in [1.165, 1.54) is 14.5 Å². The number of halogens is 5. The molecule has 17 heavy (non-hydrogen) atoms. The molecule has 0 aromatic carbocycles. The van der Waals surface area contributed by atoms with Crippen LogP contribution in [0.4, 0.5) is 0 Å². The number of hydrogen-bond donors (Lipinski definition) is 0. The van der Waals surface area contributed by atoms with Gasteiger partial charge in [0.25, 0.3) is 0 Å². The number of rotatable bonds is 4. The highest BCUT2D eigenvalue weighted by molar-refractivity contribution is 9.13. The fraction of sp³-hybridized carbons (Fsp3) is 0.667. The first-order valence-electron chi connectivity index (χ1n) is 5.60. The Kier molecular flexibility index (Phi) is 7.02. The van der Waals surface area contributed by atoms with Crippen molar-refractivity contribution in [2.24, 2.45) is 0 Å². The molecule has 0 saturated carbocycles. The Morgan fingerprint density at radius 2 is 1.82 bits per heavy atom. The van der Waals surface area contributed by atoms with Crippen LogP contribution in [0.25, 0.3) is 0 Å². The number of allylic oxidation sites excluding steroid dienone is 4. The Morgan fingerprint density at radius 1 is 1.24 bits per heavy atom. The van der Waals surface area contributed by atoms with Crippen LogP contribution in [0.15, 0.2) is 20.6 Å². The maximum Gasteiger partial charge on any atom is 0.0660 e. The van der Waals surface area contributed by atoms with Crippen molar-refractivity contribution in [2.45, 2.75) is 47.1 Å². The van der Waals surface area contributed by atoms with Gasteiger partial charge in [-0.15, -0.1) is 0 Å². The summed E-state index contributed by atoms with van der Waals surface area (Å²) in [4.78, 5) is 0.796. The molecule has 0 amide bonds. The third-order valence-corrected chi connectivity index (χ3v) is 8.52. The van der Waals surface area contributed by atoms with Gasteiger partial charge < -0.3 is 0 Å². The summed E-state index contributed by atoms with van der Waals surface area (Å²) in [6.45, 7) is 4.40. The molecule has 0 fully saturated rings. The van der Waals surface area contributed by atoms with E-state index in [0.29, 0.717) is 9.65 Å². The summed E-state index contributed by atoms with van der Waals surface area (Å²) >= 11 is 18.9. The third kappa shape index (κ3) is 3.71.